The normalized spacial score (nSPS) is 17.6. The van der Waals surface area contributed by atoms with Crippen LogP contribution in [-0.4, -0.2) is 46.7 Å². The summed E-state index contributed by atoms with van der Waals surface area (Å²) in [6.07, 6.45) is 1.85. The van der Waals surface area contributed by atoms with Gasteiger partial charge in [-0.15, -0.1) is 0 Å². The number of hydrogen-bond acceptors (Lipinski definition) is 6. The zero-order valence-electron chi connectivity index (χ0n) is 18.7. The maximum Gasteiger partial charge on any atom is 0.241 e. The minimum absolute atomic E-state index is 0.0533. The lowest BCUT2D eigenvalue weighted by molar-refractivity contribution is -0.127. The summed E-state index contributed by atoms with van der Waals surface area (Å²) in [5, 5.41) is 7.21. The first-order chi connectivity index (χ1) is 15.6. The summed E-state index contributed by atoms with van der Waals surface area (Å²) in [6, 6.07) is 17.6. The van der Waals surface area contributed by atoms with E-state index in [4.69, 9.17) is 9.26 Å². The van der Waals surface area contributed by atoms with Crippen LogP contribution in [0.3, 0.4) is 0 Å². The number of carbonyl (C=O) groups excluding carboxylic acids is 1. The van der Waals surface area contributed by atoms with E-state index in [1.807, 2.05) is 68.4 Å². The van der Waals surface area contributed by atoms with Crippen molar-refractivity contribution in [3.8, 4) is 17.1 Å². The van der Waals surface area contributed by atoms with Gasteiger partial charge in [0.15, 0.2) is 0 Å². The first-order valence-corrected chi connectivity index (χ1v) is 11.2. The third-order valence-corrected chi connectivity index (χ3v) is 5.64. The van der Waals surface area contributed by atoms with Gasteiger partial charge in [-0.05, 0) is 45.4 Å². The standard InChI is InChI=1S/C25H30N4O3/c1-18-10-12-20(13-11-18)24-27-23(32-28-24)16-29-14-6-7-21(15-29)25(30)26-19(2)17-31-22-8-4-3-5-9-22/h3-5,8-13,19,21H,6-7,14-17H2,1-2H3,(H,26,30). The zero-order chi connectivity index (χ0) is 22.3. The van der Waals surface area contributed by atoms with Gasteiger partial charge in [-0.2, -0.15) is 4.98 Å². The molecular weight excluding hydrogens is 404 g/mol. The number of piperidine rings is 1. The molecule has 2 aromatic carbocycles. The van der Waals surface area contributed by atoms with Crippen molar-refractivity contribution in [2.45, 2.75) is 39.3 Å². The highest BCUT2D eigenvalue weighted by atomic mass is 16.5. The fraction of sp³-hybridized carbons (Fsp3) is 0.400. The molecule has 168 valence electrons. The SMILES string of the molecule is Cc1ccc(-c2noc(CN3CCCC(C(=O)NC(C)COc4ccccc4)C3)n2)cc1. The van der Waals surface area contributed by atoms with Crippen LogP contribution in [0, 0.1) is 12.8 Å². The smallest absolute Gasteiger partial charge is 0.241 e. The van der Waals surface area contributed by atoms with Crippen molar-refractivity contribution < 1.29 is 14.1 Å². The minimum atomic E-state index is -0.0638. The molecule has 7 nitrogen and oxygen atoms in total. The van der Waals surface area contributed by atoms with E-state index in [0.29, 0.717) is 31.4 Å². The van der Waals surface area contributed by atoms with Crippen molar-refractivity contribution >= 4 is 5.91 Å². The lowest BCUT2D eigenvalue weighted by Crippen LogP contribution is -2.46. The van der Waals surface area contributed by atoms with Crippen molar-refractivity contribution in [3.63, 3.8) is 0 Å². The van der Waals surface area contributed by atoms with Crippen LogP contribution >= 0.6 is 0 Å². The number of likely N-dealkylation sites (tertiary alicyclic amines) is 1. The Morgan fingerprint density at radius 1 is 1.22 bits per heavy atom. The van der Waals surface area contributed by atoms with Crippen LogP contribution in [0.25, 0.3) is 11.4 Å². The van der Waals surface area contributed by atoms with Crippen molar-refractivity contribution in [3.05, 3.63) is 66.1 Å². The van der Waals surface area contributed by atoms with Crippen LogP contribution in [0.4, 0.5) is 0 Å². The van der Waals surface area contributed by atoms with Crippen molar-refractivity contribution in [2.75, 3.05) is 19.7 Å². The Bertz CT molecular complexity index is 1000. The third kappa shape index (κ3) is 5.95. The molecule has 3 aromatic rings. The second-order valence-electron chi connectivity index (χ2n) is 8.49. The van der Waals surface area contributed by atoms with Gasteiger partial charge in [-0.25, -0.2) is 0 Å². The highest BCUT2D eigenvalue weighted by molar-refractivity contribution is 5.79. The Hall–Kier alpha value is -3.19. The van der Waals surface area contributed by atoms with E-state index in [0.717, 1.165) is 30.7 Å². The first kappa shape index (κ1) is 22.0. The summed E-state index contributed by atoms with van der Waals surface area (Å²) >= 11 is 0. The van der Waals surface area contributed by atoms with E-state index in [2.05, 4.69) is 20.4 Å². The highest BCUT2D eigenvalue weighted by Gasteiger charge is 2.27. The maximum absolute atomic E-state index is 12.8. The summed E-state index contributed by atoms with van der Waals surface area (Å²) in [7, 11) is 0. The van der Waals surface area contributed by atoms with Gasteiger partial charge >= 0.3 is 0 Å². The van der Waals surface area contributed by atoms with Crippen LogP contribution in [0.5, 0.6) is 5.75 Å². The molecule has 1 amide bonds. The van der Waals surface area contributed by atoms with Crippen LogP contribution in [-0.2, 0) is 11.3 Å². The van der Waals surface area contributed by atoms with Gasteiger partial charge in [0.1, 0.15) is 12.4 Å². The van der Waals surface area contributed by atoms with Crippen molar-refractivity contribution in [2.24, 2.45) is 5.92 Å². The fourth-order valence-corrected chi connectivity index (χ4v) is 3.88. The summed E-state index contributed by atoms with van der Waals surface area (Å²) in [5.74, 6) is 2.00. The number of aryl methyl sites for hydroxylation is 1. The molecule has 0 saturated carbocycles. The summed E-state index contributed by atoms with van der Waals surface area (Å²) in [6.45, 7) is 6.60. The Morgan fingerprint density at radius 3 is 2.78 bits per heavy atom. The molecule has 1 fully saturated rings. The third-order valence-electron chi connectivity index (χ3n) is 5.64. The molecule has 2 atom stereocenters. The predicted octanol–water partition coefficient (Wildman–Crippen LogP) is 3.84. The second-order valence-corrected chi connectivity index (χ2v) is 8.49. The Labute approximate surface area is 188 Å². The number of nitrogens with zero attached hydrogens (tertiary/aromatic N) is 3. The number of nitrogens with one attached hydrogen (secondary N) is 1. The Balaban J connectivity index is 1.26. The van der Waals surface area contributed by atoms with Crippen molar-refractivity contribution in [1.82, 2.24) is 20.4 Å². The molecule has 1 aromatic heterocycles. The zero-order valence-corrected chi connectivity index (χ0v) is 18.7. The number of para-hydroxylation sites is 1. The average Bonchev–Trinajstić information content (AvgIpc) is 3.27. The van der Waals surface area contributed by atoms with Crippen LogP contribution in [0.15, 0.2) is 59.1 Å². The first-order valence-electron chi connectivity index (χ1n) is 11.2. The topological polar surface area (TPSA) is 80.5 Å². The summed E-state index contributed by atoms with van der Waals surface area (Å²) in [4.78, 5) is 19.5. The van der Waals surface area contributed by atoms with Crippen LogP contribution in [0.2, 0.25) is 0 Å². The number of benzene rings is 2. The molecule has 2 unspecified atom stereocenters. The number of hydrogen-bond donors (Lipinski definition) is 1. The molecule has 1 saturated heterocycles. The molecule has 0 spiro atoms. The van der Waals surface area contributed by atoms with Gasteiger partial charge in [-0.3, -0.25) is 9.69 Å². The Kier molecular flexibility index (Phi) is 7.17. The maximum atomic E-state index is 12.8. The molecule has 0 radical (unpaired) electrons. The molecule has 0 aliphatic carbocycles. The quantitative estimate of drug-likeness (QED) is 0.580. The van der Waals surface area contributed by atoms with Crippen LogP contribution in [0.1, 0.15) is 31.2 Å². The van der Waals surface area contributed by atoms with E-state index < -0.39 is 0 Å². The molecule has 0 bridgehead atoms. The van der Waals surface area contributed by atoms with Gasteiger partial charge in [0.25, 0.3) is 0 Å². The minimum Gasteiger partial charge on any atom is -0.491 e. The molecule has 32 heavy (non-hydrogen) atoms. The lowest BCUT2D eigenvalue weighted by Gasteiger charge is -2.31. The van der Waals surface area contributed by atoms with E-state index in [-0.39, 0.29) is 17.9 Å². The molecule has 1 N–H and O–H groups in total. The number of carbonyl (C=O) groups is 1. The van der Waals surface area contributed by atoms with Gasteiger partial charge < -0.3 is 14.6 Å². The second kappa shape index (κ2) is 10.4. The lowest BCUT2D eigenvalue weighted by atomic mass is 9.97. The van der Waals surface area contributed by atoms with E-state index in [9.17, 15) is 4.79 Å². The van der Waals surface area contributed by atoms with E-state index in [1.54, 1.807) is 0 Å². The van der Waals surface area contributed by atoms with Gasteiger partial charge in [0.05, 0.1) is 18.5 Å². The molecule has 2 heterocycles. The van der Waals surface area contributed by atoms with Gasteiger partial charge in [0.2, 0.25) is 17.6 Å². The van der Waals surface area contributed by atoms with Gasteiger partial charge in [0, 0.05) is 12.1 Å². The number of rotatable bonds is 8. The largest absolute Gasteiger partial charge is 0.491 e. The molecule has 4 rings (SSSR count). The molecule has 1 aliphatic rings. The van der Waals surface area contributed by atoms with Crippen molar-refractivity contribution in [1.29, 1.82) is 0 Å². The molecular formula is C25H30N4O3. The molecule has 1 aliphatic heterocycles. The Morgan fingerprint density at radius 2 is 2.00 bits per heavy atom. The monoisotopic (exact) mass is 434 g/mol. The average molecular weight is 435 g/mol. The number of ether oxygens (including phenoxy) is 1. The van der Waals surface area contributed by atoms with E-state index in [1.165, 1.54) is 5.56 Å². The molecule has 7 heteroatoms. The van der Waals surface area contributed by atoms with Gasteiger partial charge in [-0.1, -0.05) is 53.2 Å². The number of amides is 1. The van der Waals surface area contributed by atoms with E-state index >= 15 is 0 Å². The fourth-order valence-electron chi connectivity index (χ4n) is 3.88. The highest BCUT2D eigenvalue weighted by Crippen LogP contribution is 2.21. The summed E-state index contributed by atoms with van der Waals surface area (Å²) < 4.78 is 11.2. The summed E-state index contributed by atoms with van der Waals surface area (Å²) in [5.41, 5.74) is 2.13. The van der Waals surface area contributed by atoms with Crippen LogP contribution < -0.4 is 10.1 Å². The number of aromatic nitrogens is 2. The predicted molar refractivity (Wildman–Crippen MR) is 122 cm³/mol.